The van der Waals surface area contributed by atoms with Gasteiger partial charge in [0.15, 0.2) is 0 Å². The highest BCUT2D eigenvalue weighted by Gasteiger charge is 2.45. The number of nitrogens with zero attached hydrogens (tertiary/aromatic N) is 2. The Balaban J connectivity index is 2.05. The number of aryl methyl sites for hydroxylation is 1. The highest BCUT2D eigenvalue weighted by Crippen LogP contribution is 2.39. The van der Waals surface area contributed by atoms with Crippen LogP contribution in [0.3, 0.4) is 0 Å². The number of Topliss-reactive ketones (excluding diaryl/α,β-unsaturated/α-hetero) is 1. The number of aliphatic hydroxyl groups is 1. The van der Waals surface area contributed by atoms with Gasteiger partial charge in [-0.1, -0.05) is 30.3 Å². The van der Waals surface area contributed by atoms with Crippen molar-refractivity contribution in [1.82, 2.24) is 9.80 Å². The minimum absolute atomic E-state index is 0.0266. The fraction of sp³-hybridized carbons (Fsp3) is 0.385. The molecule has 1 atom stereocenters. The van der Waals surface area contributed by atoms with E-state index >= 15 is 0 Å². The largest absolute Gasteiger partial charge is 0.507 e. The van der Waals surface area contributed by atoms with Gasteiger partial charge in [0.1, 0.15) is 11.5 Å². The van der Waals surface area contributed by atoms with E-state index in [0.29, 0.717) is 12.1 Å². The number of carbonyl (C=O) groups is 2. The molecule has 2 aromatic carbocycles. The van der Waals surface area contributed by atoms with Gasteiger partial charge in [-0.2, -0.15) is 0 Å². The normalized spacial score (nSPS) is 18.1. The quantitative estimate of drug-likeness (QED) is 0.382. The predicted molar refractivity (Wildman–Crippen MR) is 126 cm³/mol. The van der Waals surface area contributed by atoms with Crippen LogP contribution >= 0.6 is 0 Å². The standard InChI is InChI=1S/C26H32N2O4/c1-17(2)32-21-13-12-20(16-18(21)3)24(29)22-23(19-10-7-6-8-11-19)28(26(31)25(22)30)15-9-14-27(4)5/h6-8,10-13,16-17,23,29H,9,14-15H2,1-5H3/b24-22+/t23-/m0/s1. The number of aliphatic hydroxyl groups excluding tert-OH is 1. The third-order valence-corrected chi connectivity index (χ3v) is 5.47. The molecule has 1 heterocycles. The summed E-state index contributed by atoms with van der Waals surface area (Å²) in [6.45, 7) is 7.01. The monoisotopic (exact) mass is 436 g/mol. The Morgan fingerprint density at radius 1 is 1.12 bits per heavy atom. The first-order valence-electron chi connectivity index (χ1n) is 11.0. The number of ether oxygens (including phenoxy) is 1. The van der Waals surface area contributed by atoms with Gasteiger partial charge >= 0.3 is 0 Å². The van der Waals surface area contributed by atoms with E-state index in [9.17, 15) is 14.7 Å². The van der Waals surface area contributed by atoms with Crippen molar-refractivity contribution < 1.29 is 19.4 Å². The molecule has 6 heteroatoms. The molecule has 1 saturated heterocycles. The fourth-order valence-electron chi connectivity index (χ4n) is 3.99. The number of carbonyl (C=O) groups excluding carboxylic acids is 2. The molecule has 2 aromatic rings. The topological polar surface area (TPSA) is 70.1 Å². The minimum atomic E-state index is -0.652. The molecule has 0 spiro atoms. The number of ketones is 1. The maximum atomic E-state index is 13.1. The van der Waals surface area contributed by atoms with Crippen molar-refractivity contribution in [2.45, 2.75) is 39.3 Å². The van der Waals surface area contributed by atoms with Gasteiger partial charge in [0.25, 0.3) is 11.7 Å². The van der Waals surface area contributed by atoms with Gasteiger partial charge < -0.3 is 19.6 Å². The molecule has 0 radical (unpaired) electrons. The van der Waals surface area contributed by atoms with Gasteiger partial charge in [0.2, 0.25) is 0 Å². The lowest BCUT2D eigenvalue weighted by molar-refractivity contribution is -0.139. The zero-order valence-electron chi connectivity index (χ0n) is 19.5. The second kappa shape index (κ2) is 10.0. The summed E-state index contributed by atoms with van der Waals surface area (Å²) < 4.78 is 5.78. The number of amides is 1. The molecule has 0 aromatic heterocycles. The SMILES string of the molecule is Cc1cc(/C(O)=C2\C(=O)C(=O)N(CCCN(C)C)[C@H]2c2ccccc2)ccc1OC(C)C. The predicted octanol–water partition coefficient (Wildman–Crippen LogP) is 4.16. The molecule has 0 unspecified atom stereocenters. The van der Waals surface area contributed by atoms with Crippen molar-refractivity contribution in [3.8, 4) is 5.75 Å². The summed E-state index contributed by atoms with van der Waals surface area (Å²) in [7, 11) is 3.94. The molecule has 0 saturated carbocycles. The Bertz CT molecular complexity index is 1010. The molecule has 6 nitrogen and oxygen atoms in total. The summed E-state index contributed by atoms with van der Waals surface area (Å²) in [6.07, 6.45) is 0.753. The van der Waals surface area contributed by atoms with E-state index in [-0.39, 0.29) is 17.4 Å². The first-order valence-corrected chi connectivity index (χ1v) is 11.0. The van der Waals surface area contributed by atoms with Crippen LogP contribution in [-0.4, -0.2) is 59.9 Å². The lowest BCUT2D eigenvalue weighted by Gasteiger charge is -2.26. The van der Waals surface area contributed by atoms with Gasteiger partial charge in [0, 0.05) is 12.1 Å². The Morgan fingerprint density at radius 2 is 1.81 bits per heavy atom. The second-order valence-corrected chi connectivity index (χ2v) is 8.71. The van der Waals surface area contributed by atoms with Crippen molar-refractivity contribution in [3.05, 3.63) is 70.8 Å². The lowest BCUT2D eigenvalue weighted by atomic mass is 9.95. The average molecular weight is 437 g/mol. The highest BCUT2D eigenvalue weighted by molar-refractivity contribution is 6.46. The smallest absolute Gasteiger partial charge is 0.295 e. The van der Waals surface area contributed by atoms with Crippen molar-refractivity contribution in [2.24, 2.45) is 0 Å². The van der Waals surface area contributed by atoms with Gasteiger partial charge in [-0.15, -0.1) is 0 Å². The summed E-state index contributed by atoms with van der Waals surface area (Å²) in [6, 6.07) is 14.1. The number of rotatable bonds is 8. The number of hydrogen-bond donors (Lipinski definition) is 1. The number of hydrogen-bond acceptors (Lipinski definition) is 5. The van der Waals surface area contributed by atoms with Crippen LogP contribution in [0, 0.1) is 6.92 Å². The molecule has 0 bridgehead atoms. The molecule has 170 valence electrons. The molecule has 1 aliphatic heterocycles. The Morgan fingerprint density at radius 3 is 2.41 bits per heavy atom. The summed E-state index contributed by atoms with van der Waals surface area (Å²) in [5.74, 6) is -0.663. The zero-order valence-corrected chi connectivity index (χ0v) is 19.5. The maximum absolute atomic E-state index is 13.1. The molecule has 32 heavy (non-hydrogen) atoms. The molecule has 1 amide bonds. The second-order valence-electron chi connectivity index (χ2n) is 8.71. The van der Waals surface area contributed by atoms with E-state index in [4.69, 9.17) is 4.74 Å². The van der Waals surface area contributed by atoms with Crippen LogP contribution in [0.25, 0.3) is 5.76 Å². The van der Waals surface area contributed by atoms with Gasteiger partial charge in [0.05, 0.1) is 17.7 Å². The molecule has 1 aliphatic rings. The Kier molecular flexibility index (Phi) is 7.36. The summed E-state index contributed by atoms with van der Waals surface area (Å²) in [5.41, 5.74) is 2.27. The van der Waals surface area contributed by atoms with Crippen LogP contribution in [0.15, 0.2) is 54.1 Å². The molecular formula is C26H32N2O4. The van der Waals surface area contributed by atoms with Gasteiger partial charge in [-0.25, -0.2) is 0 Å². The van der Waals surface area contributed by atoms with Gasteiger partial charge in [-0.3, -0.25) is 9.59 Å². The van der Waals surface area contributed by atoms with Gasteiger partial charge in [-0.05, 0) is 77.2 Å². The first kappa shape index (κ1) is 23.5. The number of benzene rings is 2. The maximum Gasteiger partial charge on any atom is 0.295 e. The highest BCUT2D eigenvalue weighted by atomic mass is 16.5. The van der Waals surface area contributed by atoms with E-state index in [1.807, 2.05) is 70.1 Å². The van der Waals surface area contributed by atoms with Crippen LogP contribution in [-0.2, 0) is 9.59 Å². The minimum Gasteiger partial charge on any atom is -0.507 e. The average Bonchev–Trinajstić information content (AvgIpc) is 2.99. The van der Waals surface area contributed by atoms with E-state index in [2.05, 4.69) is 0 Å². The third kappa shape index (κ3) is 5.02. The van der Waals surface area contributed by atoms with E-state index in [1.54, 1.807) is 23.1 Å². The van der Waals surface area contributed by atoms with Crippen LogP contribution in [0.5, 0.6) is 5.75 Å². The van der Waals surface area contributed by atoms with E-state index in [0.717, 1.165) is 29.8 Å². The zero-order chi connectivity index (χ0) is 23.4. The Labute approximate surface area is 190 Å². The fourth-order valence-corrected chi connectivity index (χ4v) is 3.99. The van der Waals surface area contributed by atoms with Crippen molar-refractivity contribution >= 4 is 17.4 Å². The molecule has 0 aliphatic carbocycles. The van der Waals surface area contributed by atoms with Crippen LogP contribution in [0.1, 0.15) is 43.0 Å². The van der Waals surface area contributed by atoms with Crippen molar-refractivity contribution in [1.29, 1.82) is 0 Å². The Hall–Kier alpha value is -3.12. The molecule has 1 N–H and O–H groups in total. The molecule has 1 fully saturated rings. The summed E-state index contributed by atoms with van der Waals surface area (Å²) >= 11 is 0. The number of likely N-dealkylation sites (tertiary alicyclic amines) is 1. The van der Waals surface area contributed by atoms with E-state index in [1.165, 1.54) is 0 Å². The third-order valence-electron chi connectivity index (χ3n) is 5.47. The van der Waals surface area contributed by atoms with Crippen molar-refractivity contribution in [3.63, 3.8) is 0 Å². The van der Waals surface area contributed by atoms with Crippen LogP contribution < -0.4 is 4.74 Å². The lowest BCUT2D eigenvalue weighted by Crippen LogP contribution is -2.32. The molecular weight excluding hydrogens is 404 g/mol. The van der Waals surface area contributed by atoms with Crippen LogP contribution in [0.2, 0.25) is 0 Å². The first-order chi connectivity index (χ1) is 15.2. The summed E-state index contributed by atoms with van der Waals surface area (Å²) in [4.78, 5) is 29.6. The van der Waals surface area contributed by atoms with E-state index < -0.39 is 17.7 Å². The van der Waals surface area contributed by atoms with Crippen LogP contribution in [0.4, 0.5) is 0 Å². The summed E-state index contributed by atoms with van der Waals surface area (Å²) in [5, 5.41) is 11.2. The van der Waals surface area contributed by atoms with Crippen molar-refractivity contribution in [2.75, 3.05) is 27.2 Å². The molecule has 3 rings (SSSR count).